The number of hydrogen-bond acceptors (Lipinski definition) is 5. The van der Waals surface area contributed by atoms with Crippen LogP contribution in [0.2, 0.25) is 0 Å². The SMILES string of the molecule is Cc1ccc2c(OCCN3CCCCC3=Cc3cccc(NS(C)(=O)=O)c3)cccc2n1. The van der Waals surface area contributed by atoms with Gasteiger partial charge in [0, 0.05) is 29.0 Å². The average molecular weight is 452 g/mol. The van der Waals surface area contributed by atoms with Crippen LogP contribution in [0.1, 0.15) is 30.5 Å². The average Bonchev–Trinajstić information content (AvgIpc) is 2.74. The van der Waals surface area contributed by atoms with E-state index in [9.17, 15) is 8.42 Å². The number of rotatable bonds is 7. The third-order valence-electron chi connectivity index (χ3n) is 5.49. The molecule has 6 nitrogen and oxygen atoms in total. The van der Waals surface area contributed by atoms with E-state index in [0.717, 1.165) is 66.5 Å². The van der Waals surface area contributed by atoms with Gasteiger partial charge in [-0.15, -0.1) is 0 Å². The molecule has 7 heteroatoms. The number of fused-ring (bicyclic) bond motifs is 1. The Hall–Kier alpha value is -3.06. The summed E-state index contributed by atoms with van der Waals surface area (Å²) < 4.78 is 31.8. The number of allylic oxidation sites excluding steroid dienone is 1. The van der Waals surface area contributed by atoms with Gasteiger partial charge in [-0.1, -0.05) is 18.2 Å². The summed E-state index contributed by atoms with van der Waals surface area (Å²) >= 11 is 0. The zero-order valence-electron chi connectivity index (χ0n) is 18.5. The van der Waals surface area contributed by atoms with Gasteiger partial charge in [-0.05, 0) is 74.2 Å². The van der Waals surface area contributed by atoms with Crippen LogP contribution in [-0.2, 0) is 10.0 Å². The standard InChI is InChI=1S/C25H29N3O3S/c1-19-12-13-23-24(26-19)10-6-11-25(23)31-16-15-28-14-4-3-9-22(28)18-20-7-5-8-21(17-20)27-32(2,29)30/h5-8,10-13,17-18,27H,3-4,9,14-16H2,1-2H3. The minimum Gasteiger partial charge on any atom is -0.491 e. The topological polar surface area (TPSA) is 71.5 Å². The van der Waals surface area contributed by atoms with Crippen molar-refractivity contribution in [1.82, 2.24) is 9.88 Å². The third-order valence-corrected chi connectivity index (χ3v) is 6.10. The third kappa shape index (κ3) is 5.79. The van der Waals surface area contributed by atoms with Crippen molar-refractivity contribution in [2.75, 3.05) is 30.7 Å². The molecule has 0 radical (unpaired) electrons. The first kappa shape index (κ1) is 22.1. The van der Waals surface area contributed by atoms with Crippen LogP contribution in [0.15, 0.2) is 60.3 Å². The van der Waals surface area contributed by atoms with Crippen LogP contribution in [0, 0.1) is 6.92 Å². The Labute approximate surface area is 190 Å². The van der Waals surface area contributed by atoms with Gasteiger partial charge in [0.15, 0.2) is 0 Å². The van der Waals surface area contributed by atoms with E-state index in [1.54, 1.807) is 6.07 Å². The second-order valence-corrected chi connectivity index (χ2v) is 9.95. The number of ether oxygens (including phenoxy) is 1. The Balaban J connectivity index is 1.45. The number of pyridine rings is 1. The highest BCUT2D eigenvalue weighted by Crippen LogP contribution is 2.26. The van der Waals surface area contributed by atoms with Gasteiger partial charge < -0.3 is 9.64 Å². The Morgan fingerprint density at radius 1 is 1.12 bits per heavy atom. The number of aromatic nitrogens is 1. The highest BCUT2D eigenvalue weighted by Gasteiger charge is 2.15. The maximum absolute atomic E-state index is 11.5. The summed E-state index contributed by atoms with van der Waals surface area (Å²) in [5.41, 5.74) is 4.76. The maximum atomic E-state index is 11.5. The van der Waals surface area contributed by atoms with Crippen molar-refractivity contribution in [1.29, 1.82) is 0 Å². The minimum atomic E-state index is -3.30. The van der Waals surface area contributed by atoms with Crippen molar-refractivity contribution >= 4 is 32.7 Å². The van der Waals surface area contributed by atoms with Gasteiger partial charge in [-0.2, -0.15) is 0 Å². The molecule has 2 aromatic carbocycles. The van der Waals surface area contributed by atoms with Gasteiger partial charge in [0.1, 0.15) is 12.4 Å². The van der Waals surface area contributed by atoms with Crippen molar-refractivity contribution < 1.29 is 13.2 Å². The van der Waals surface area contributed by atoms with Crippen molar-refractivity contribution in [3.05, 3.63) is 71.6 Å². The van der Waals surface area contributed by atoms with Crippen molar-refractivity contribution in [3.8, 4) is 5.75 Å². The lowest BCUT2D eigenvalue weighted by atomic mass is 10.0. The Bertz CT molecular complexity index is 1240. The summed E-state index contributed by atoms with van der Waals surface area (Å²) in [6.45, 7) is 4.36. The van der Waals surface area contributed by atoms with Gasteiger partial charge in [0.05, 0.1) is 18.3 Å². The normalized spacial score (nSPS) is 15.8. The van der Waals surface area contributed by atoms with E-state index in [1.807, 2.05) is 49.4 Å². The fourth-order valence-corrected chi connectivity index (χ4v) is 4.60. The van der Waals surface area contributed by atoms with Gasteiger partial charge in [0.25, 0.3) is 0 Å². The van der Waals surface area contributed by atoms with Crippen LogP contribution in [0.3, 0.4) is 0 Å². The van der Waals surface area contributed by atoms with E-state index in [0.29, 0.717) is 12.3 Å². The van der Waals surface area contributed by atoms with Crippen LogP contribution >= 0.6 is 0 Å². The lowest BCUT2D eigenvalue weighted by molar-refractivity contribution is 0.224. The Morgan fingerprint density at radius 2 is 1.97 bits per heavy atom. The monoisotopic (exact) mass is 451 g/mol. The van der Waals surface area contributed by atoms with Gasteiger partial charge in [0.2, 0.25) is 10.0 Å². The molecule has 4 rings (SSSR count). The molecule has 0 atom stereocenters. The summed E-state index contributed by atoms with van der Waals surface area (Å²) in [4.78, 5) is 6.95. The number of hydrogen-bond donors (Lipinski definition) is 1. The second-order valence-electron chi connectivity index (χ2n) is 8.20. The van der Waals surface area contributed by atoms with E-state index < -0.39 is 10.0 Å². The largest absolute Gasteiger partial charge is 0.491 e. The molecule has 0 unspecified atom stereocenters. The van der Waals surface area contributed by atoms with E-state index in [1.165, 1.54) is 5.70 Å². The first-order valence-corrected chi connectivity index (χ1v) is 12.8. The molecular weight excluding hydrogens is 422 g/mol. The number of sulfonamides is 1. The Kier molecular flexibility index (Phi) is 6.65. The first-order chi connectivity index (χ1) is 15.4. The number of aryl methyl sites for hydroxylation is 1. The van der Waals surface area contributed by atoms with Crippen LogP contribution in [0.5, 0.6) is 5.75 Å². The first-order valence-electron chi connectivity index (χ1n) is 10.9. The van der Waals surface area contributed by atoms with Crippen LogP contribution in [0.25, 0.3) is 17.0 Å². The van der Waals surface area contributed by atoms with Gasteiger partial charge in [-0.25, -0.2) is 8.42 Å². The molecule has 3 aromatic rings. The van der Waals surface area contributed by atoms with E-state index in [-0.39, 0.29) is 0 Å². The number of likely N-dealkylation sites (tertiary alicyclic amines) is 1. The van der Waals surface area contributed by atoms with Gasteiger partial charge in [-0.3, -0.25) is 9.71 Å². The van der Waals surface area contributed by atoms with Crippen molar-refractivity contribution in [2.24, 2.45) is 0 Å². The molecular formula is C25H29N3O3S. The summed E-state index contributed by atoms with van der Waals surface area (Å²) in [5.74, 6) is 0.858. The number of nitrogens with one attached hydrogen (secondary N) is 1. The van der Waals surface area contributed by atoms with Gasteiger partial charge >= 0.3 is 0 Å². The van der Waals surface area contributed by atoms with Crippen LogP contribution < -0.4 is 9.46 Å². The molecule has 1 fully saturated rings. The molecule has 0 saturated carbocycles. The molecule has 1 aliphatic rings. The summed E-state index contributed by atoms with van der Waals surface area (Å²) in [7, 11) is -3.30. The number of benzene rings is 2. The van der Waals surface area contributed by atoms with E-state index in [4.69, 9.17) is 4.74 Å². The fraction of sp³-hybridized carbons (Fsp3) is 0.320. The molecule has 1 saturated heterocycles. The highest BCUT2D eigenvalue weighted by atomic mass is 32.2. The molecule has 168 valence electrons. The quantitative estimate of drug-likeness (QED) is 0.558. The molecule has 2 heterocycles. The molecule has 0 amide bonds. The molecule has 1 aromatic heterocycles. The van der Waals surface area contributed by atoms with E-state index in [2.05, 4.69) is 26.7 Å². The summed E-state index contributed by atoms with van der Waals surface area (Å²) in [6, 6.07) is 17.5. The molecule has 1 N–H and O–H groups in total. The summed E-state index contributed by atoms with van der Waals surface area (Å²) in [6.07, 6.45) is 6.62. The number of piperidine rings is 1. The second kappa shape index (κ2) is 9.61. The van der Waals surface area contributed by atoms with Crippen molar-refractivity contribution in [2.45, 2.75) is 26.2 Å². The predicted molar refractivity (Wildman–Crippen MR) is 130 cm³/mol. The predicted octanol–water partition coefficient (Wildman–Crippen LogP) is 4.82. The van der Waals surface area contributed by atoms with Crippen LogP contribution in [0.4, 0.5) is 5.69 Å². The number of nitrogens with zero attached hydrogens (tertiary/aromatic N) is 2. The zero-order valence-corrected chi connectivity index (χ0v) is 19.4. The highest BCUT2D eigenvalue weighted by molar-refractivity contribution is 7.92. The van der Waals surface area contributed by atoms with E-state index >= 15 is 0 Å². The van der Waals surface area contributed by atoms with Crippen molar-refractivity contribution in [3.63, 3.8) is 0 Å². The fourth-order valence-electron chi connectivity index (χ4n) is 4.05. The molecule has 32 heavy (non-hydrogen) atoms. The zero-order chi connectivity index (χ0) is 22.6. The maximum Gasteiger partial charge on any atom is 0.229 e. The lowest BCUT2D eigenvalue weighted by Gasteiger charge is -2.32. The lowest BCUT2D eigenvalue weighted by Crippen LogP contribution is -2.31. The molecule has 0 aliphatic carbocycles. The molecule has 0 spiro atoms. The smallest absolute Gasteiger partial charge is 0.229 e. The minimum absolute atomic E-state index is 0.576. The van der Waals surface area contributed by atoms with Crippen LogP contribution in [-0.4, -0.2) is 44.3 Å². The molecule has 1 aliphatic heterocycles. The number of anilines is 1. The summed E-state index contributed by atoms with van der Waals surface area (Å²) in [5, 5.41) is 1.03. The Morgan fingerprint density at radius 3 is 2.81 bits per heavy atom. The molecule has 0 bridgehead atoms.